The Bertz CT molecular complexity index is 959. The van der Waals surface area contributed by atoms with Crippen molar-refractivity contribution in [2.45, 2.75) is 18.9 Å². The first-order valence-electron chi connectivity index (χ1n) is 8.90. The van der Waals surface area contributed by atoms with Crippen LogP contribution in [0.2, 0.25) is 0 Å². The van der Waals surface area contributed by atoms with Gasteiger partial charge in [-0.1, -0.05) is 36.4 Å². The van der Waals surface area contributed by atoms with Gasteiger partial charge in [0.2, 0.25) is 0 Å². The Kier molecular flexibility index (Phi) is 4.70. The molecule has 3 aromatic rings. The monoisotopic (exact) mass is 360 g/mol. The van der Waals surface area contributed by atoms with E-state index in [-0.39, 0.29) is 23.5 Å². The Hall–Kier alpha value is -3.41. The predicted molar refractivity (Wildman–Crippen MR) is 102 cm³/mol. The number of carbonyl (C=O) groups excluding carboxylic acids is 1. The van der Waals surface area contributed by atoms with Crippen LogP contribution in [0, 0.1) is 0 Å². The molecule has 4 rings (SSSR count). The average Bonchev–Trinajstić information content (AvgIpc) is 2.72. The van der Waals surface area contributed by atoms with E-state index in [1.807, 2.05) is 42.5 Å². The summed E-state index contributed by atoms with van der Waals surface area (Å²) in [5.41, 5.74) is 9.06. The van der Waals surface area contributed by atoms with Crippen LogP contribution in [0.1, 0.15) is 39.6 Å². The standard InChI is InChI=1S/C21H20N4O2/c22-20-19(23-10-11-24-20)21(26)25-18(14-5-2-1-3-6-14)16-8-9-17-15(13-16)7-4-12-27-17/h1-3,5-6,8-11,13,18H,4,7,12H2,(H2,22,24)(H,25,26)/t18-/m1/s1. The molecule has 1 aliphatic rings. The fraction of sp³-hybridized carbons (Fsp3) is 0.190. The number of anilines is 1. The normalized spacial score (nSPS) is 13.9. The maximum Gasteiger partial charge on any atom is 0.274 e. The molecule has 2 heterocycles. The van der Waals surface area contributed by atoms with Gasteiger partial charge < -0.3 is 15.8 Å². The summed E-state index contributed by atoms with van der Waals surface area (Å²) in [4.78, 5) is 20.8. The number of aryl methyl sites for hydroxylation is 1. The molecular weight excluding hydrogens is 340 g/mol. The highest BCUT2D eigenvalue weighted by molar-refractivity contribution is 5.96. The molecule has 3 N–H and O–H groups in total. The molecule has 6 nitrogen and oxygen atoms in total. The Morgan fingerprint density at radius 3 is 2.70 bits per heavy atom. The summed E-state index contributed by atoms with van der Waals surface area (Å²) >= 11 is 0. The minimum atomic E-state index is -0.358. The molecule has 0 saturated heterocycles. The van der Waals surface area contributed by atoms with Gasteiger partial charge in [0.05, 0.1) is 12.6 Å². The van der Waals surface area contributed by atoms with E-state index in [4.69, 9.17) is 10.5 Å². The van der Waals surface area contributed by atoms with Crippen LogP contribution in [0.5, 0.6) is 5.75 Å². The van der Waals surface area contributed by atoms with Gasteiger partial charge >= 0.3 is 0 Å². The zero-order chi connectivity index (χ0) is 18.6. The molecule has 0 aliphatic carbocycles. The third kappa shape index (κ3) is 3.60. The Morgan fingerprint density at radius 1 is 1.07 bits per heavy atom. The fourth-order valence-electron chi connectivity index (χ4n) is 3.29. The van der Waals surface area contributed by atoms with Crippen LogP contribution in [0.3, 0.4) is 0 Å². The van der Waals surface area contributed by atoms with Crippen molar-refractivity contribution in [3.63, 3.8) is 0 Å². The highest BCUT2D eigenvalue weighted by atomic mass is 16.5. The Balaban J connectivity index is 1.70. The van der Waals surface area contributed by atoms with E-state index >= 15 is 0 Å². The molecule has 1 aromatic heterocycles. The number of rotatable bonds is 4. The molecule has 1 atom stereocenters. The molecule has 2 aromatic carbocycles. The van der Waals surface area contributed by atoms with Gasteiger partial charge in [0.1, 0.15) is 5.75 Å². The number of ether oxygens (including phenoxy) is 1. The van der Waals surface area contributed by atoms with Crippen LogP contribution in [0.25, 0.3) is 0 Å². The van der Waals surface area contributed by atoms with Crippen LogP contribution in [-0.2, 0) is 6.42 Å². The van der Waals surface area contributed by atoms with Crippen molar-refractivity contribution in [3.8, 4) is 5.75 Å². The third-order valence-electron chi connectivity index (χ3n) is 4.62. The smallest absolute Gasteiger partial charge is 0.274 e. The lowest BCUT2D eigenvalue weighted by molar-refractivity contribution is 0.0938. The van der Waals surface area contributed by atoms with Crippen LogP contribution in [0.4, 0.5) is 5.82 Å². The van der Waals surface area contributed by atoms with Crippen LogP contribution in [0.15, 0.2) is 60.9 Å². The molecule has 1 aliphatic heterocycles. The number of nitrogens with two attached hydrogens (primary N) is 1. The van der Waals surface area contributed by atoms with Crippen LogP contribution >= 0.6 is 0 Å². The van der Waals surface area contributed by atoms with Gasteiger partial charge in [0.15, 0.2) is 11.5 Å². The van der Waals surface area contributed by atoms with Gasteiger partial charge in [-0.2, -0.15) is 0 Å². The summed E-state index contributed by atoms with van der Waals surface area (Å²) in [6.45, 7) is 0.747. The summed E-state index contributed by atoms with van der Waals surface area (Å²) in [7, 11) is 0. The first-order valence-corrected chi connectivity index (χ1v) is 8.90. The maximum absolute atomic E-state index is 12.8. The number of fused-ring (bicyclic) bond motifs is 1. The number of nitrogens with zero attached hydrogens (tertiary/aromatic N) is 2. The van der Waals surface area contributed by atoms with Gasteiger partial charge in [0, 0.05) is 12.4 Å². The van der Waals surface area contributed by atoms with Crippen molar-refractivity contribution in [2.24, 2.45) is 0 Å². The number of carbonyl (C=O) groups is 1. The number of hydrogen-bond donors (Lipinski definition) is 2. The summed E-state index contributed by atoms with van der Waals surface area (Å²) < 4.78 is 5.71. The molecule has 0 bridgehead atoms. The minimum Gasteiger partial charge on any atom is -0.493 e. The van der Waals surface area contributed by atoms with Gasteiger partial charge in [0.25, 0.3) is 5.91 Å². The lowest BCUT2D eigenvalue weighted by atomic mass is 9.94. The van der Waals surface area contributed by atoms with Crippen molar-refractivity contribution < 1.29 is 9.53 Å². The maximum atomic E-state index is 12.8. The summed E-state index contributed by atoms with van der Waals surface area (Å²) in [5, 5.41) is 3.05. The van der Waals surface area contributed by atoms with Crippen LogP contribution < -0.4 is 15.8 Å². The minimum absolute atomic E-state index is 0.112. The van der Waals surface area contributed by atoms with Gasteiger partial charge in [-0.05, 0) is 41.7 Å². The number of nitrogens with one attached hydrogen (secondary N) is 1. The highest BCUT2D eigenvalue weighted by Crippen LogP contribution is 2.30. The van der Waals surface area contributed by atoms with Crippen LogP contribution in [-0.4, -0.2) is 22.5 Å². The third-order valence-corrected chi connectivity index (χ3v) is 4.62. The number of aromatic nitrogens is 2. The Morgan fingerprint density at radius 2 is 1.89 bits per heavy atom. The van der Waals surface area contributed by atoms with Crippen molar-refractivity contribution in [3.05, 3.63) is 83.3 Å². The lowest BCUT2D eigenvalue weighted by Crippen LogP contribution is -2.31. The quantitative estimate of drug-likeness (QED) is 0.747. The van der Waals surface area contributed by atoms with E-state index in [0.29, 0.717) is 0 Å². The first kappa shape index (κ1) is 17.0. The number of amides is 1. The van der Waals surface area contributed by atoms with Crippen molar-refractivity contribution in [1.29, 1.82) is 0 Å². The molecule has 6 heteroatoms. The van der Waals surface area contributed by atoms with Gasteiger partial charge in [-0.3, -0.25) is 4.79 Å². The SMILES string of the molecule is Nc1nccnc1C(=O)N[C@H](c1ccccc1)c1ccc2c(c1)CCCO2. The summed E-state index contributed by atoms with van der Waals surface area (Å²) in [6.07, 6.45) is 4.88. The fourth-order valence-corrected chi connectivity index (χ4v) is 3.29. The lowest BCUT2D eigenvalue weighted by Gasteiger charge is -2.23. The molecule has 27 heavy (non-hydrogen) atoms. The summed E-state index contributed by atoms with van der Waals surface area (Å²) in [5.74, 6) is 0.672. The van der Waals surface area contributed by atoms with Gasteiger partial charge in [-0.25, -0.2) is 9.97 Å². The topological polar surface area (TPSA) is 90.1 Å². The number of benzene rings is 2. The second kappa shape index (κ2) is 7.45. The van der Waals surface area contributed by atoms with E-state index in [1.54, 1.807) is 0 Å². The molecule has 0 saturated carbocycles. The predicted octanol–water partition coefficient (Wildman–Crippen LogP) is 2.90. The van der Waals surface area contributed by atoms with E-state index in [2.05, 4.69) is 21.4 Å². The molecule has 0 radical (unpaired) electrons. The summed E-state index contributed by atoms with van der Waals surface area (Å²) in [6, 6.07) is 15.6. The second-order valence-corrected chi connectivity index (χ2v) is 6.43. The molecule has 0 unspecified atom stereocenters. The Labute approximate surface area is 157 Å². The molecule has 136 valence electrons. The molecule has 1 amide bonds. The van der Waals surface area contributed by atoms with Gasteiger partial charge in [-0.15, -0.1) is 0 Å². The van der Waals surface area contributed by atoms with E-state index in [9.17, 15) is 4.79 Å². The molecular formula is C21H20N4O2. The molecule has 0 fully saturated rings. The second-order valence-electron chi connectivity index (χ2n) is 6.43. The number of nitrogen functional groups attached to an aromatic ring is 1. The van der Waals surface area contributed by atoms with Crippen molar-refractivity contribution >= 4 is 11.7 Å². The van der Waals surface area contributed by atoms with E-state index in [0.717, 1.165) is 41.9 Å². The van der Waals surface area contributed by atoms with E-state index in [1.165, 1.54) is 12.4 Å². The molecule has 0 spiro atoms. The number of hydrogen-bond acceptors (Lipinski definition) is 5. The zero-order valence-corrected chi connectivity index (χ0v) is 14.8. The first-order chi connectivity index (χ1) is 13.2. The largest absolute Gasteiger partial charge is 0.493 e. The highest BCUT2D eigenvalue weighted by Gasteiger charge is 2.22. The van der Waals surface area contributed by atoms with Crippen molar-refractivity contribution in [1.82, 2.24) is 15.3 Å². The average molecular weight is 360 g/mol. The van der Waals surface area contributed by atoms with E-state index < -0.39 is 0 Å². The van der Waals surface area contributed by atoms with Crippen molar-refractivity contribution in [2.75, 3.05) is 12.3 Å². The zero-order valence-electron chi connectivity index (χ0n) is 14.8.